The molecule has 0 atom stereocenters. The van der Waals surface area contributed by atoms with Crippen LogP contribution in [-0.4, -0.2) is 21.3 Å². The topological polar surface area (TPSA) is 57.9 Å². The molecule has 5 nitrogen and oxygen atoms in total. The number of hydrogen-bond acceptors (Lipinski definition) is 5. The van der Waals surface area contributed by atoms with E-state index in [9.17, 15) is 4.79 Å². The molecule has 5 heteroatoms. The Morgan fingerprint density at radius 1 is 1.00 bits per heavy atom. The first-order valence-electron chi connectivity index (χ1n) is 6.77. The molecule has 0 saturated carbocycles. The summed E-state index contributed by atoms with van der Waals surface area (Å²) in [7, 11) is 4.48. The predicted molar refractivity (Wildman–Crippen MR) is 83.5 cm³/mol. The average Bonchev–Trinajstić information content (AvgIpc) is 2.54. The number of fused-ring (bicyclic) bond motifs is 2. The van der Waals surface area contributed by atoms with Crippen LogP contribution < -0.4 is 19.6 Å². The van der Waals surface area contributed by atoms with Crippen molar-refractivity contribution in [2.24, 2.45) is 0 Å². The second-order valence-corrected chi connectivity index (χ2v) is 4.89. The minimum Gasteiger partial charge on any atom is -0.493 e. The largest absolute Gasteiger partial charge is 0.493 e. The van der Waals surface area contributed by atoms with Crippen molar-refractivity contribution < 1.29 is 18.6 Å². The molecular weight excluding hydrogens is 284 g/mol. The van der Waals surface area contributed by atoms with Gasteiger partial charge in [-0.15, -0.1) is 0 Å². The number of ether oxygens (including phenoxy) is 3. The maximum atomic E-state index is 12.4. The van der Waals surface area contributed by atoms with Gasteiger partial charge in [-0.05, 0) is 19.1 Å². The van der Waals surface area contributed by atoms with E-state index in [1.807, 2.05) is 25.1 Å². The van der Waals surface area contributed by atoms with Crippen LogP contribution in [0.4, 0.5) is 0 Å². The Hall–Kier alpha value is -2.69. The van der Waals surface area contributed by atoms with E-state index in [2.05, 4.69) is 0 Å². The number of methoxy groups -OCH3 is 3. The zero-order valence-electron chi connectivity index (χ0n) is 12.9. The third-order valence-corrected chi connectivity index (χ3v) is 3.75. The highest BCUT2D eigenvalue weighted by atomic mass is 16.5. The highest BCUT2D eigenvalue weighted by Crippen LogP contribution is 2.40. The van der Waals surface area contributed by atoms with Gasteiger partial charge in [0.1, 0.15) is 0 Å². The monoisotopic (exact) mass is 300 g/mol. The van der Waals surface area contributed by atoms with Crippen LogP contribution in [-0.2, 0) is 0 Å². The fourth-order valence-corrected chi connectivity index (χ4v) is 2.67. The molecule has 22 heavy (non-hydrogen) atoms. The zero-order valence-corrected chi connectivity index (χ0v) is 12.9. The van der Waals surface area contributed by atoms with Crippen molar-refractivity contribution in [3.05, 3.63) is 40.1 Å². The SMILES string of the molecule is COc1c2oc3c(OC)cccc3cc-2c(C)c(OC)c1=O. The lowest BCUT2D eigenvalue weighted by Gasteiger charge is -2.16. The minimum absolute atomic E-state index is 0.130. The van der Waals surface area contributed by atoms with Crippen LogP contribution in [0.15, 0.2) is 33.5 Å². The molecule has 1 heterocycles. The summed E-state index contributed by atoms with van der Waals surface area (Å²) >= 11 is 0. The first kappa shape index (κ1) is 14.3. The molecule has 1 aliphatic carbocycles. The van der Waals surface area contributed by atoms with Crippen LogP contribution in [0.1, 0.15) is 5.56 Å². The van der Waals surface area contributed by atoms with E-state index in [1.54, 1.807) is 13.2 Å². The molecule has 0 amide bonds. The summed E-state index contributed by atoms with van der Waals surface area (Å²) in [5, 5.41) is 0.873. The molecule has 1 aromatic rings. The normalized spacial score (nSPS) is 10.9. The van der Waals surface area contributed by atoms with Crippen molar-refractivity contribution in [3.63, 3.8) is 0 Å². The standard InChI is InChI=1S/C17H16O5/c1-9-11-8-10-6-5-7-12(19-2)15(10)22-16(11)17(21-4)13(18)14(9)20-3/h5-8H,1-4H3. The van der Waals surface area contributed by atoms with Gasteiger partial charge in [0.15, 0.2) is 22.8 Å². The smallest absolute Gasteiger partial charge is 0.266 e. The molecule has 0 radical (unpaired) electrons. The third-order valence-electron chi connectivity index (χ3n) is 3.75. The molecule has 0 spiro atoms. The molecule has 2 aliphatic rings. The van der Waals surface area contributed by atoms with Crippen molar-refractivity contribution in [2.45, 2.75) is 6.92 Å². The lowest BCUT2D eigenvalue weighted by Crippen LogP contribution is -2.13. The van der Waals surface area contributed by atoms with Crippen LogP contribution in [0.3, 0.4) is 0 Å². The quantitative estimate of drug-likeness (QED) is 0.695. The summed E-state index contributed by atoms with van der Waals surface area (Å²) in [4.78, 5) is 12.4. The molecule has 0 saturated heterocycles. The van der Waals surface area contributed by atoms with Crippen molar-refractivity contribution >= 4 is 11.0 Å². The van der Waals surface area contributed by atoms with E-state index in [1.165, 1.54) is 14.2 Å². The van der Waals surface area contributed by atoms with E-state index in [-0.39, 0.29) is 16.9 Å². The maximum Gasteiger partial charge on any atom is 0.266 e. The second kappa shape index (κ2) is 5.26. The van der Waals surface area contributed by atoms with Crippen LogP contribution in [0.2, 0.25) is 0 Å². The lowest BCUT2D eigenvalue weighted by molar-refractivity contribution is 0.375. The molecule has 0 unspecified atom stereocenters. The van der Waals surface area contributed by atoms with E-state index in [0.29, 0.717) is 17.1 Å². The summed E-state index contributed by atoms with van der Waals surface area (Å²) < 4.78 is 21.7. The van der Waals surface area contributed by atoms with Gasteiger partial charge < -0.3 is 18.6 Å². The number of benzene rings is 2. The van der Waals surface area contributed by atoms with Crippen LogP contribution >= 0.6 is 0 Å². The van der Waals surface area contributed by atoms with Crippen LogP contribution in [0.25, 0.3) is 22.3 Å². The van der Waals surface area contributed by atoms with Crippen molar-refractivity contribution in [2.75, 3.05) is 21.3 Å². The Kier molecular flexibility index (Phi) is 3.41. The molecule has 0 fully saturated rings. The summed E-state index contributed by atoms with van der Waals surface area (Å²) in [6.07, 6.45) is 0. The van der Waals surface area contributed by atoms with Crippen molar-refractivity contribution in [1.82, 2.24) is 0 Å². The first-order chi connectivity index (χ1) is 10.6. The van der Waals surface area contributed by atoms with Crippen molar-refractivity contribution in [3.8, 4) is 28.6 Å². The molecular formula is C17H16O5. The second-order valence-electron chi connectivity index (χ2n) is 4.89. The van der Waals surface area contributed by atoms with E-state index in [4.69, 9.17) is 18.6 Å². The molecule has 1 aliphatic heterocycles. The molecule has 0 aromatic heterocycles. The Morgan fingerprint density at radius 3 is 2.36 bits per heavy atom. The Labute approximate surface area is 127 Å². The van der Waals surface area contributed by atoms with Gasteiger partial charge in [-0.1, -0.05) is 12.1 Å². The molecule has 114 valence electrons. The average molecular weight is 300 g/mol. The predicted octanol–water partition coefficient (Wildman–Crippen LogP) is 3.23. The van der Waals surface area contributed by atoms with Gasteiger partial charge in [-0.3, -0.25) is 4.79 Å². The molecule has 0 bridgehead atoms. The molecule has 0 N–H and O–H groups in total. The van der Waals surface area contributed by atoms with Gasteiger partial charge in [-0.25, -0.2) is 0 Å². The maximum absolute atomic E-state index is 12.4. The fraction of sp³-hybridized carbons (Fsp3) is 0.235. The summed E-state index contributed by atoms with van der Waals surface area (Å²) in [6.45, 7) is 1.82. The number of rotatable bonds is 3. The Bertz CT molecular complexity index is 878. The van der Waals surface area contributed by atoms with E-state index < -0.39 is 0 Å². The van der Waals surface area contributed by atoms with Gasteiger partial charge in [0, 0.05) is 16.5 Å². The van der Waals surface area contributed by atoms with E-state index >= 15 is 0 Å². The summed E-state index contributed by atoms with van der Waals surface area (Å²) in [6, 6.07) is 7.55. The van der Waals surface area contributed by atoms with Gasteiger partial charge >= 0.3 is 0 Å². The van der Waals surface area contributed by atoms with Gasteiger partial charge in [0.2, 0.25) is 5.75 Å². The lowest BCUT2D eigenvalue weighted by atomic mass is 10.0. The van der Waals surface area contributed by atoms with Gasteiger partial charge in [0.25, 0.3) is 5.43 Å². The molecule has 3 rings (SSSR count). The highest BCUT2D eigenvalue weighted by Gasteiger charge is 2.25. The molecule has 1 aromatic carbocycles. The highest BCUT2D eigenvalue weighted by molar-refractivity contribution is 5.89. The fourth-order valence-electron chi connectivity index (χ4n) is 2.67. The first-order valence-corrected chi connectivity index (χ1v) is 6.77. The van der Waals surface area contributed by atoms with E-state index in [0.717, 1.165) is 16.5 Å². The third kappa shape index (κ3) is 1.89. The van der Waals surface area contributed by atoms with Gasteiger partial charge in [-0.2, -0.15) is 0 Å². The number of para-hydroxylation sites is 1. The Morgan fingerprint density at radius 2 is 1.73 bits per heavy atom. The van der Waals surface area contributed by atoms with Crippen molar-refractivity contribution in [1.29, 1.82) is 0 Å². The zero-order chi connectivity index (χ0) is 15.9. The summed E-state index contributed by atoms with van der Waals surface area (Å²) in [5.41, 5.74) is 1.73. The summed E-state index contributed by atoms with van der Waals surface area (Å²) in [5.74, 6) is 1.39. The van der Waals surface area contributed by atoms with Crippen LogP contribution in [0, 0.1) is 6.92 Å². The van der Waals surface area contributed by atoms with Gasteiger partial charge in [0.05, 0.1) is 21.3 Å². The van der Waals surface area contributed by atoms with Crippen LogP contribution in [0.5, 0.6) is 17.2 Å². The Balaban J connectivity index is 2.53. The number of hydrogen-bond donors (Lipinski definition) is 0. The minimum atomic E-state index is -0.326.